The number of nitrogens with one attached hydrogen (secondary N) is 1. The molecule has 0 bridgehead atoms. The standard InChI is InChI=1S/C21H17ClN2O3S/c1-14-11-12-17(18(13-14)24(26)27)23-21(25)20(15-7-3-2-4-8-15)28-19-10-6-5-9-16(19)22/h2-13,20H,1H3,(H,23,25)/t20-/m0/s1. The molecule has 5 nitrogen and oxygen atoms in total. The minimum absolute atomic E-state index is 0.136. The van der Waals surface area contributed by atoms with E-state index in [0.717, 1.165) is 16.0 Å². The number of carbonyl (C=O) groups excluding carboxylic acids is 1. The maximum absolute atomic E-state index is 13.1. The van der Waals surface area contributed by atoms with Gasteiger partial charge in [0.05, 0.1) is 9.95 Å². The van der Waals surface area contributed by atoms with Crippen molar-refractivity contribution < 1.29 is 9.72 Å². The Kier molecular flexibility index (Phi) is 6.34. The molecule has 1 amide bonds. The van der Waals surface area contributed by atoms with Crippen molar-refractivity contribution >= 4 is 40.6 Å². The van der Waals surface area contributed by atoms with Gasteiger partial charge in [-0.15, -0.1) is 11.8 Å². The SMILES string of the molecule is Cc1ccc(NC(=O)[C@@H](Sc2ccccc2Cl)c2ccccc2)c([N+](=O)[O-])c1. The Morgan fingerprint density at radius 3 is 2.43 bits per heavy atom. The van der Waals surface area contributed by atoms with E-state index in [1.807, 2.05) is 48.5 Å². The van der Waals surface area contributed by atoms with Gasteiger partial charge in [-0.2, -0.15) is 0 Å². The summed E-state index contributed by atoms with van der Waals surface area (Å²) in [5.41, 5.74) is 1.55. The van der Waals surface area contributed by atoms with Gasteiger partial charge in [0, 0.05) is 11.0 Å². The highest BCUT2D eigenvalue weighted by Crippen LogP contribution is 2.40. The first-order valence-electron chi connectivity index (χ1n) is 8.48. The van der Waals surface area contributed by atoms with Gasteiger partial charge < -0.3 is 5.32 Å². The van der Waals surface area contributed by atoms with Crippen LogP contribution in [0.15, 0.2) is 77.7 Å². The fourth-order valence-electron chi connectivity index (χ4n) is 2.66. The van der Waals surface area contributed by atoms with Gasteiger partial charge in [0.2, 0.25) is 5.91 Å². The van der Waals surface area contributed by atoms with E-state index in [4.69, 9.17) is 11.6 Å². The van der Waals surface area contributed by atoms with Crippen LogP contribution in [0.25, 0.3) is 0 Å². The number of aryl methyl sites for hydroxylation is 1. The molecule has 1 N–H and O–H groups in total. The van der Waals surface area contributed by atoms with Gasteiger partial charge in [-0.25, -0.2) is 0 Å². The molecule has 28 heavy (non-hydrogen) atoms. The first-order valence-corrected chi connectivity index (χ1v) is 9.73. The third-order valence-electron chi connectivity index (χ3n) is 4.03. The number of amides is 1. The molecule has 3 aromatic rings. The van der Waals surface area contributed by atoms with Crippen molar-refractivity contribution in [3.05, 3.63) is 99.1 Å². The molecule has 0 heterocycles. The van der Waals surface area contributed by atoms with Gasteiger partial charge in [0.1, 0.15) is 10.9 Å². The molecule has 0 saturated carbocycles. The number of halogens is 1. The quantitative estimate of drug-likeness (QED) is 0.305. The first-order chi connectivity index (χ1) is 13.5. The molecule has 0 saturated heterocycles. The Balaban J connectivity index is 1.94. The van der Waals surface area contributed by atoms with Crippen LogP contribution in [0.3, 0.4) is 0 Å². The Labute approximate surface area is 171 Å². The lowest BCUT2D eigenvalue weighted by Crippen LogP contribution is -2.19. The minimum atomic E-state index is -0.623. The van der Waals surface area contributed by atoms with Crippen molar-refractivity contribution in [3.8, 4) is 0 Å². The van der Waals surface area contributed by atoms with Gasteiger partial charge in [0.25, 0.3) is 5.69 Å². The number of carbonyl (C=O) groups is 1. The van der Waals surface area contributed by atoms with E-state index >= 15 is 0 Å². The average Bonchev–Trinajstić information content (AvgIpc) is 2.69. The molecule has 0 spiro atoms. The normalized spacial score (nSPS) is 11.6. The second kappa shape index (κ2) is 8.91. The van der Waals surface area contributed by atoms with E-state index in [2.05, 4.69) is 5.32 Å². The molecule has 1 atom stereocenters. The molecule has 0 radical (unpaired) electrons. The summed E-state index contributed by atoms with van der Waals surface area (Å²) in [5, 5.41) is 14.0. The van der Waals surface area contributed by atoms with Gasteiger partial charge >= 0.3 is 0 Å². The number of nitro benzene ring substituents is 1. The van der Waals surface area contributed by atoms with Crippen LogP contribution in [0.5, 0.6) is 0 Å². The van der Waals surface area contributed by atoms with Crippen molar-refractivity contribution in [1.82, 2.24) is 0 Å². The number of benzene rings is 3. The van der Waals surface area contributed by atoms with E-state index < -0.39 is 10.2 Å². The van der Waals surface area contributed by atoms with Crippen molar-refractivity contribution in [2.75, 3.05) is 5.32 Å². The largest absolute Gasteiger partial charge is 0.319 e. The molecule has 3 aromatic carbocycles. The highest BCUT2D eigenvalue weighted by atomic mass is 35.5. The number of nitrogens with zero attached hydrogens (tertiary/aromatic N) is 1. The Morgan fingerprint density at radius 2 is 1.75 bits per heavy atom. The molecule has 3 rings (SSSR count). The Bertz CT molecular complexity index is 1010. The van der Waals surface area contributed by atoms with E-state index in [0.29, 0.717) is 5.02 Å². The Hall–Kier alpha value is -2.83. The highest BCUT2D eigenvalue weighted by Gasteiger charge is 2.25. The number of nitro groups is 1. The van der Waals surface area contributed by atoms with E-state index in [9.17, 15) is 14.9 Å². The first kappa shape index (κ1) is 19.9. The number of hydrogen-bond donors (Lipinski definition) is 1. The van der Waals surface area contributed by atoms with Crippen LogP contribution >= 0.6 is 23.4 Å². The van der Waals surface area contributed by atoms with Crippen LogP contribution < -0.4 is 5.32 Å². The molecule has 0 unspecified atom stereocenters. The highest BCUT2D eigenvalue weighted by molar-refractivity contribution is 8.00. The summed E-state index contributed by atoms with van der Waals surface area (Å²) >= 11 is 7.56. The molecule has 0 aliphatic carbocycles. The van der Waals surface area contributed by atoms with Crippen LogP contribution in [0.2, 0.25) is 5.02 Å². The summed E-state index contributed by atoms with van der Waals surface area (Å²) in [6.07, 6.45) is 0. The van der Waals surface area contributed by atoms with E-state index in [1.54, 1.807) is 25.1 Å². The molecular weight excluding hydrogens is 396 g/mol. The van der Waals surface area contributed by atoms with Crippen molar-refractivity contribution in [2.24, 2.45) is 0 Å². The number of anilines is 1. The third-order valence-corrected chi connectivity index (χ3v) is 5.80. The lowest BCUT2D eigenvalue weighted by Gasteiger charge is -2.18. The van der Waals surface area contributed by atoms with E-state index in [1.165, 1.54) is 17.8 Å². The van der Waals surface area contributed by atoms with Crippen molar-refractivity contribution in [1.29, 1.82) is 0 Å². The monoisotopic (exact) mass is 412 g/mol. The molecule has 0 fully saturated rings. The number of hydrogen-bond acceptors (Lipinski definition) is 4. The lowest BCUT2D eigenvalue weighted by molar-refractivity contribution is -0.384. The summed E-state index contributed by atoms with van der Waals surface area (Å²) in [6.45, 7) is 1.76. The van der Waals surface area contributed by atoms with Crippen LogP contribution in [-0.4, -0.2) is 10.8 Å². The average molecular weight is 413 g/mol. The zero-order chi connectivity index (χ0) is 20.1. The summed E-state index contributed by atoms with van der Waals surface area (Å²) in [6, 6.07) is 21.2. The third kappa shape index (κ3) is 4.71. The van der Waals surface area contributed by atoms with Gasteiger partial charge in [-0.1, -0.05) is 60.1 Å². The van der Waals surface area contributed by atoms with Crippen LogP contribution in [0.1, 0.15) is 16.4 Å². The van der Waals surface area contributed by atoms with Gasteiger partial charge in [-0.3, -0.25) is 14.9 Å². The van der Waals surface area contributed by atoms with Gasteiger partial charge in [0.15, 0.2) is 0 Å². The molecule has 7 heteroatoms. The Morgan fingerprint density at radius 1 is 1.07 bits per heavy atom. The van der Waals surface area contributed by atoms with Crippen LogP contribution in [0.4, 0.5) is 11.4 Å². The second-order valence-corrected chi connectivity index (χ2v) is 7.66. The fraction of sp³-hybridized carbons (Fsp3) is 0.0952. The maximum Gasteiger partial charge on any atom is 0.293 e. The summed E-state index contributed by atoms with van der Waals surface area (Å²) in [5.74, 6) is -0.358. The predicted molar refractivity (Wildman–Crippen MR) is 113 cm³/mol. The molecule has 142 valence electrons. The zero-order valence-electron chi connectivity index (χ0n) is 15.0. The van der Waals surface area contributed by atoms with Crippen molar-refractivity contribution in [2.45, 2.75) is 17.1 Å². The summed E-state index contributed by atoms with van der Waals surface area (Å²) in [7, 11) is 0. The molecular formula is C21H17ClN2O3S. The summed E-state index contributed by atoms with van der Waals surface area (Å²) < 4.78 is 0. The zero-order valence-corrected chi connectivity index (χ0v) is 16.5. The van der Waals surface area contributed by atoms with Crippen molar-refractivity contribution in [3.63, 3.8) is 0 Å². The second-order valence-electron chi connectivity index (χ2n) is 6.11. The molecule has 0 aliphatic rings. The fourth-order valence-corrected chi connectivity index (χ4v) is 3.98. The maximum atomic E-state index is 13.1. The van der Waals surface area contributed by atoms with Crippen LogP contribution in [-0.2, 0) is 4.79 Å². The minimum Gasteiger partial charge on any atom is -0.319 e. The predicted octanol–water partition coefficient (Wildman–Crippen LogP) is 6.03. The smallest absolute Gasteiger partial charge is 0.293 e. The molecule has 0 aromatic heterocycles. The molecule has 0 aliphatic heterocycles. The topological polar surface area (TPSA) is 72.2 Å². The van der Waals surface area contributed by atoms with Crippen LogP contribution in [0, 0.1) is 17.0 Å². The lowest BCUT2D eigenvalue weighted by atomic mass is 10.1. The number of thioether (sulfide) groups is 1. The summed E-state index contributed by atoms with van der Waals surface area (Å²) in [4.78, 5) is 24.7. The van der Waals surface area contributed by atoms with E-state index in [-0.39, 0.29) is 17.3 Å². The number of rotatable bonds is 6. The van der Waals surface area contributed by atoms with Gasteiger partial charge in [-0.05, 0) is 36.2 Å².